The van der Waals surface area contributed by atoms with Crippen LogP contribution < -0.4 is 5.73 Å². The van der Waals surface area contributed by atoms with Crippen LogP contribution in [0.5, 0.6) is 0 Å². The van der Waals surface area contributed by atoms with Gasteiger partial charge in [0.05, 0.1) is 13.2 Å². The molecule has 3 nitrogen and oxygen atoms in total. The van der Waals surface area contributed by atoms with E-state index in [1.165, 1.54) is 12.2 Å². The molecule has 2 fully saturated rings. The molecule has 0 amide bonds. The number of rotatable bonds is 2. The fraction of sp³-hybridized carbons (Fsp3) is 1.00. The summed E-state index contributed by atoms with van der Waals surface area (Å²) in [7, 11) is 0. The van der Waals surface area contributed by atoms with Gasteiger partial charge in [-0.3, -0.25) is 4.90 Å². The Morgan fingerprint density at radius 2 is 2.25 bits per heavy atom. The third-order valence-corrected chi connectivity index (χ3v) is 5.34. The molecule has 2 unspecified atom stereocenters. The van der Waals surface area contributed by atoms with Gasteiger partial charge < -0.3 is 10.5 Å². The van der Waals surface area contributed by atoms with Crippen LogP contribution in [0.25, 0.3) is 0 Å². The van der Waals surface area contributed by atoms with Crippen molar-refractivity contribution in [2.75, 3.05) is 32.1 Å². The first kappa shape index (κ1) is 12.7. The average Bonchev–Trinajstić information content (AvgIpc) is 2.60. The fourth-order valence-corrected chi connectivity index (χ4v) is 4.54. The maximum atomic E-state index is 6.09. The Morgan fingerprint density at radius 1 is 1.50 bits per heavy atom. The van der Waals surface area contributed by atoms with Crippen molar-refractivity contribution in [3.05, 3.63) is 0 Å². The summed E-state index contributed by atoms with van der Waals surface area (Å²) in [5.74, 6) is 1.17. The first-order valence-electron chi connectivity index (χ1n) is 6.17. The Hall–Kier alpha value is 0.230. The molecule has 2 saturated heterocycles. The highest BCUT2D eigenvalue weighted by atomic mass is 32.2. The highest BCUT2D eigenvalue weighted by Gasteiger charge is 2.48. The lowest BCUT2D eigenvalue weighted by Gasteiger charge is -2.52. The number of thioether (sulfide) groups is 1. The lowest BCUT2D eigenvalue weighted by atomic mass is 9.87. The quantitative estimate of drug-likeness (QED) is 0.795. The Balaban J connectivity index is 2.19. The minimum absolute atomic E-state index is 0.127. The van der Waals surface area contributed by atoms with Gasteiger partial charge in [0.1, 0.15) is 0 Å². The molecule has 0 aromatic rings. The van der Waals surface area contributed by atoms with Gasteiger partial charge >= 0.3 is 0 Å². The van der Waals surface area contributed by atoms with E-state index in [1.807, 2.05) is 0 Å². The molecule has 0 bridgehead atoms. The van der Waals surface area contributed by atoms with E-state index in [0.29, 0.717) is 0 Å². The third kappa shape index (κ3) is 2.13. The molecule has 0 aromatic heterocycles. The van der Waals surface area contributed by atoms with Gasteiger partial charge in [-0.2, -0.15) is 11.8 Å². The summed E-state index contributed by atoms with van der Waals surface area (Å²) in [6.07, 6.45) is 1.22. The molecule has 2 N–H and O–H groups in total. The molecule has 2 atom stereocenters. The Labute approximate surface area is 103 Å². The van der Waals surface area contributed by atoms with Gasteiger partial charge in [-0.1, -0.05) is 6.92 Å². The van der Waals surface area contributed by atoms with Gasteiger partial charge in [-0.25, -0.2) is 0 Å². The third-order valence-electron chi connectivity index (χ3n) is 3.90. The van der Waals surface area contributed by atoms with Crippen molar-refractivity contribution in [3.63, 3.8) is 0 Å². The van der Waals surface area contributed by atoms with Crippen molar-refractivity contribution < 1.29 is 4.74 Å². The van der Waals surface area contributed by atoms with Crippen LogP contribution in [0.3, 0.4) is 0 Å². The number of nitrogens with zero attached hydrogens (tertiary/aromatic N) is 1. The summed E-state index contributed by atoms with van der Waals surface area (Å²) in [6, 6.07) is 0. The van der Waals surface area contributed by atoms with Crippen LogP contribution in [0.2, 0.25) is 0 Å². The van der Waals surface area contributed by atoms with Gasteiger partial charge in [-0.05, 0) is 20.3 Å². The number of hydrogen-bond donors (Lipinski definition) is 1. The van der Waals surface area contributed by atoms with E-state index in [4.69, 9.17) is 10.5 Å². The normalized spacial score (nSPS) is 40.1. The zero-order chi connectivity index (χ0) is 11.8. The number of morpholine rings is 1. The van der Waals surface area contributed by atoms with Crippen LogP contribution in [-0.2, 0) is 4.74 Å². The second-order valence-corrected chi connectivity index (χ2v) is 7.20. The monoisotopic (exact) mass is 244 g/mol. The Kier molecular flexibility index (Phi) is 3.55. The largest absolute Gasteiger partial charge is 0.378 e. The molecule has 0 spiro atoms. The van der Waals surface area contributed by atoms with E-state index < -0.39 is 0 Å². The molecule has 0 saturated carbocycles. The average molecular weight is 244 g/mol. The van der Waals surface area contributed by atoms with Crippen molar-refractivity contribution in [1.82, 2.24) is 4.90 Å². The summed E-state index contributed by atoms with van der Waals surface area (Å²) in [6.45, 7) is 10.3. The van der Waals surface area contributed by atoms with E-state index in [0.717, 1.165) is 31.6 Å². The molecule has 94 valence electrons. The molecule has 4 heteroatoms. The standard InChI is InChI=1S/C12H24N2OS/c1-10-6-12(7-13,9-16-10)14-4-5-15-8-11(14,2)3/h10H,4-9,13H2,1-3H3. The van der Waals surface area contributed by atoms with Crippen LogP contribution in [-0.4, -0.2) is 53.3 Å². The summed E-state index contributed by atoms with van der Waals surface area (Å²) >= 11 is 2.06. The molecule has 0 radical (unpaired) electrons. The Bertz CT molecular complexity index is 259. The fourth-order valence-electron chi connectivity index (χ4n) is 3.13. The number of nitrogens with two attached hydrogens (primary N) is 1. The van der Waals surface area contributed by atoms with Crippen molar-refractivity contribution in [2.24, 2.45) is 5.73 Å². The molecule has 2 aliphatic heterocycles. The van der Waals surface area contributed by atoms with Crippen LogP contribution in [0.15, 0.2) is 0 Å². The highest BCUT2D eigenvalue weighted by molar-refractivity contribution is 8.00. The second-order valence-electron chi connectivity index (χ2n) is 5.77. The number of hydrogen-bond acceptors (Lipinski definition) is 4. The summed E-state index contributed by atoms with van der Waals surface area (Å²) in [5.41, 5.74) is 6.42. The minimum atomic E-state index is 0.127. The zero-order valence-electron chi connectivity index (χ0n) is 10.7. The van der Waals surface area contributed by atoms with Crippen molar-refractivity contribution in [2.45, 2.75) is 43.5 Å². The lowest BCUT2D eigenvalue weighted by molar-refractivity contribution is -0.0972. The Morgan fingerprint density at radius 3 is 2.75 bits per heavy atom. The van der Waals surface area contributed by atoms with Gasteiger partial charge in [0, 0.05) is 35.2 Å². The van der Waals surface area contributed by atoms with E-state index in [1.54, 1.807) is 0 Å². The summed E-state index contributed by atoms with van der Waals surface area (Å²) < 4.78 is 5.60. The summed E-state index contributed by atoms with van der Waals surface area (Å²) in [5, 5.41) is 0.738. The summed E-state index contributed by atoms with van der Waals surface area (Å²) in [4.78, 5) is 2.61. The molecular formula is C12H24N2OS. The first-order valence-corrected chi connectivity index (χ1v) is 7.22. The second kappa shape index (κ2) is 4.48. The minimum Gasteiger partial charge on any atom is -0.378 e. The van der Waals surface area contributed by atoms with Crippen LogP contribution in [0, 0.1) is 0 Å². The zero-order valence-corrected chi connectivity index (χ0v) is 11.5. The predicted octanol–water partition coefficient (Wildman–Crippen LogP) is 1.32. The van der Waals surface area contributed by atoms with Crippen LogP contribution in [0.4, 0.5) is 0 Å². The maximum Gasteiger partial charge on any atom is 0.0645 e. The van der Waals surface area contributed by atoms with Crippen LogP contribution >= 0.6 is 11.8 Å². The highest BCUT2D eigenvalue weighted by Crippen LogP contribution is 2.41. The lowest BCUT2D eigenvalue weighted by Crippen LogP contribution is -2.66. The van der Waals surface area contributed by atoms with Gasteiger partial charge in [0.2, 0.25) is 0 Å². The SMILES string of the molecule is CC1CC(CN)(N2CCOCC2(C)C)CS1. The smallest absolute Gasteiger partial charge is 0.0645 e. The van der Waals surface area contributed by atoms with Gasteiger partial charge in [-0.15, -0.1) is 0 Å². The van der Waals surface area contributed by atoms with Gasteiger partial charge in [0.15, 0.2) is 0 Å². The number of ether oxygens (including phenoxy) is 1. The van der Waals surface area contributed by atoms with E-state index in [-0.39, 0.29) is 11.1 Å². The molecule has 0 aliphatic carbocycles. The maximum absolute atomic E-state index is 6.09. The van der Waals surface area contributed by atoms with Crippen molar-refractivity contribution >= 4 is 11.8 Å². The van der Waals surface area contributed by atoms with E-state index in [2.05, 4.69) is 37.4 Å². The molecule has 2 heterocycles. The molecular weight excluding hydrogens is 220 g/mol. The predicted molar refractivity (Wildman–Crippen MR) is 69.9 cm³/mol. The molecule has 2 aliphatic rings. The molecule has 16 heavy (non-hydrogen) atoms. The molecule has 2 rings (SSSR count). The van der Waals surface area contributed by atoms with E-state index in [9.17, 15) is 0 Å². The van der Waals surface area contributed by atoms with Crippen molar-refractivity contribution in [3.8, 4) is 0 Å². The van der Waals surface area contributed by atoms with Gasteiger partial charge in [0.25, 0.3) is 0 Å². The topological polar surface area (TPSA) is 38.5 Å². The van der Waals surface area contributed by atoms with Crippen molar-refractivity contribution in [1.29, 1.82) is 0 Å². The molecule has 0 aromatic carbocycles. The van der Waals surface area contributed by atoms with Crippen LogP contribution in [0.1, 0.15) is 27.2 Å². The first-order chi connectivity index (χ1) is 7.50. The van der Waals surface area contributed by atoms with E-state index >= 15 is 0 Å².